The molecule has 1 aromatic heterocycles. The Labute approximate surface area is 159 Å². The third-order valence-electron chi connectivity index (χ3n) is 4.91. The van der Waals surface area contributed by atoms with E-state index < -0.39 is 11.9 Å². The number of hydrogen-bond acceptors (Lipinski definition) is 6. The monoisotopic (exact) mass is 375 g/mol. The molecular formula is C21H17N3O4. The zero-order valence-electron chi connectivity index (χ0n) is 15.0. The van der Waals surface area contributed by atoms with Crippen molar-refractivity contribution in [1.29, 1.82) is 0 Å². The normalized spacial score (nSPS) is 23.0. The highest BCUT2D eigenvalue weighted by atomic mass is 16.7. The van der Waals surface area contributed by atoms with Crippen LogP contribution in [-0.2, 0) is 4.84 Å². The third-order valence-corrected chi connectivity index (χ3v) is 4.91. The maximum atomic E-state index is 13.3. The average molecular weight is 375 g/mol. The van der Waals surface area contributed by atoms with Crippen LogP contribution in [0.2, 0.25) is 0 Å². The number of nitrogens with one attached hydrogen (secondary N) is 3. The van der Waals surface area contributed by atoms with E-state index >= 15 is 0 Å². The van der Waals surface area contributed by atoms with Gasteiger partial charge in [0.1, 0.15) is 17.6 Å². The van der Waals surface area contributed by atoms with Crippen molar-refractivity contribution in [2.75, 3.05) is 0 Å². The number of para-hydroxylation sites is 1. The minimum atomic E-state index is -1.25. The van der Waals surface area contributed by atoms with Crippen molar-refractivity contribution in [1.82, 2.24) is 15.8 Å². The number of aromatic nitrogens is 1. The summed E-state index contributed by atoms with van der Waals surface area (Å²) in [6.07, 6.45) is 1.71. The summed E-state index contributed by atoms with van der Waals surface area (Å²) in [5.74, 6) is -0.529. The molecule has 7 heteroatoms. The van der Waals surface area contributed by atoms with E-state index in [-0.39, 0.29) is 16.9 Å². The Kier molecular flexibility index (Phi) is 3.61. The minimum Gasteiger partial charge on any atom is -0.451 e. The van der Waals surface area contributed by atoms with Crippen LogP contribution in [0.4, 0.5) is 0 Å². The molecule has 1 spiro atoms. The lowest BCUT2D eigenvalue weighted by Gasteiger charge is -2.38. The van der Waals surface area contributed by atoms with Gasteiger partial charge >= 0.3 is 0 Å². The Hall–Kier alpha value is -3.42. The van der Waals surface area contributed by atoms with Crippen LogP contribution in [0.5, 0.6) is 5.75 Å². The van der Waals surface area contributed by atoms with Gasteiger partial charge in [-0.15, -0.1) is 0 Å². The van der Waals surface area contributed by atoms with Gasteiger partial charge in [0.25, 0.3) is 11.4 Å². The molecule has 0 saturated heterocycles. The van der Waals surface area contributed by atoms with Crippen LogP contribution in [0.25, 0.3) is 10.9 Å². The van der Waals surface area contributed by atoms with Crippen molar-refractivity contribution in [3.8, 4) is 5.75 Å². The lowest BCUT2D eigenvalue weighted by atomic mass is 9.94. The van der Waals surface area contributed by atoms with Gasteiger partial charge in [-0.25, -0.2) is 5.32 Å². The molecule has 3 N–H and O–H groups in total. The number of H-pyrrole nitrogens is 1. The first-order valence-electron chi connectivity index (χ1n) is 8.91. The largest absolute Gasteiger partial charge is 0.451 e. The predicted molar refractivity (Wildman–Crippen MR) is 103 cm³/mol. The van der Waals surface area contributed by atoms with E-state index in [2.05, 4.69) is 15.8 Å². The second-order valence-electron chi connectivity index (χ2n) is 6.85. The maximum Gasteiger partial charge on any atom is 0.272 e. The summed E-state index contributed by atoms with van der Waals surface area (Å²) < 4.78 is 6.17. The van der Waals surface area contributed by atoms with Crippen molar-refractivity contribution >= 4 is 16.7 Å². The van der Waals surface area contributed by atoms with Crippen LogP contribution >= 0.6 is 0 Å². The van der Waals surface area contributed by atoms with Gasteiger partial charge in [-0.3, -0.25) is 9.59 Å². The third kappa shape index (κ3) is 2.52. The number of carbonyl (C=O) groups is 1. The number of hydrogen-bond donors (Lipinski definition) is 3. The molecule has 2 atom stereocenters. The van der Waals surface area contributed by atoms with Gasteiger partial charge in [-0.1, -0.05) is 47.9 Å². The molecule has 3 heterocycles. The summed E-state index contributed by atoms with van der Waals surface area (Å²) in [6, 6.07) is 15.3. The van der Waals surface area contributed by atoms with Crippen LogP contribution < -0.4 is 21.1 Å². The van der Waals surface area contributed by atoms with E-state index in [1.54, 1.807) is 43.3 Å². The van der Waals surface area contributed by atoms with Gasteiger partial charge in [-0.05, 0) is 19.1 Å². The average Bonchev–Trinajstić information content (AvgIpc) is 3.07. The molecule has 0 bridgehead atoms. The Balaban J connectivity index is 1.75. The Morgan fingerprint density at radius 1 is 1.07 bits per heavy atom. The number of allylic oxidation sites excluding steroid dienone is 1. The summed E-state index contributed by atoms with van der Waals surface area (Å²) in [4.78, 5) is 34.4. The molecule has 2 unspecified atom stereocenters. The highest BCUT2D eigenvalue weighted by molar-refractivity contribution is 6.02. The molecule has 7 nitrogen and oxygen atoms in total. The van der Waals surface area contributed by atoms with Crippen molar-refractivity contribution in [3.63, 3.8) is 0 Å². The quantitative estimate of drug-likeness (QED) is 0.596. The zero-order valence-corrected chi connectivity index (χ0v) is 15.0. The SMILES string of the molecule is CC1=CC2(NO1)NC(C(=O)c1ccccc1)c1c(c3ccccc3[nH]c1=O)O2. The first-order valence-corrected chi connectivity index (χ1v) is 8.91. The zero-order chi connectivity index (χ0) is 19.3. The fraction of sp³-hybridized carbons (Fsp3) is 0.143. The van der Waals surface area contributed by atoms with Gasteiger partial charge in [0.15, 0.2) is 5.78 Å². The van der Waals surface area contributed by atoms with E-state index in [0.717, 1.165) is 0 Å². The molecule has 0 amide bonds. The minimum absolute atomic E-state index is 0.231. The number of benzene rings is 2. The highest BCUT2D eigenvalue weighted by Crippen LogP contribution is 2.39. The molecule has 5 rings (SSSR count). The van der Waals surface area contributed by atoms with E-state index in [9.17, 15) is 9.59 Å². The number of fused-ring (bicyclic) bond motifs is 3. The van der Waals surface area contributed by atoms with Gasteiger partial charge < -0.3 is 14.6 Å². The molecule has 0 aliphatic carbocycles. The summed E-state index contributed by atoms with van der Waals surface area (Å²) >= 11 is 0. The van der Waals surface area contributed by atoms with E-state index in [1.807, 2.05) is 24.3 Å². The number of Topliss-reactive ketones (excluding diaryl/α,β-unsaturated/α-hetero) is 1. The van der Waals surface area contributed by atoms with Crippen LogP contribution in [-0.4, -0.2) is 16.6 Å². The summed E-state index contributed by atoms with van der Waals surface area (Å²) in [6.45, 7) is 1.77. The lowest BCUT2D eigenvalue weighted by Crippen LogP contribution is -2.62. The predicted octanol–water partition coefficient (Wildman–Crippen LogP) is 2.53. The molecule has 0 fully saturated rings. The molecule has 2 aliphatic rings. The molecular weight excluding hydrogens is 358 g/mol. The number of carbonyl (C=O) groups excluding carboxylic acids is 1. The fourth-order valence-corrected chi connectivity index (χ4v) is 3.67. The Morgan fingerprint density at radius 3 is 2.57 bits per heavy atom. The van der Waals surface area contributed by atoms with Gasteiger partial charge in [0, 0.05) is 17.0 Å². The molecule has 3 aromatic rings. The lowest BCUT2D eigenvalue weighted by molar-refractivity contribution is -0.0617. The van der Waals surface area contributed by atoms with Gasteiger partial charge in [-0.2, -0.15) is 0 Å². The number of ketones is 1. The van der Waals surface area contributed by atoms with Crippen LogP contribution in [0, 0.1) is 0 Å². The van der Waals surface area contributed by atoms with E-state index in [0.29, 0.717) is 28.0 Å². The summed E-state index contributed by atoms with van der Waals surface area (Å²) in [7, 11) is 0. The van der Waals surface area contributed by atoms with E-state index in [4.69, 9.17) is 9.57 Å². The summed E-state index contributed by atoms with van der Waals surface area (Å²) in [5, 5.41) is 3.83. The highest BCUT2D eigenvalue weighted by Gasteiger charge is 2.47. The van der Waals surface area contributed by atoms with Crippen LogP contribution in [0.15, 0.2) is 71.2 Å². The van der Waals surface area contributed by atoms with Crippen molar-refractivity contribution in [2.45, 2.75) is 18.8 Å². The number of hydroxylamine groups is 1. The molecule has 0 saturated carbocycles. The van der Waals surface area contributed by atoms with Crippen LogP contribution in [0.1, 0.15) is 28.9 Å². The van der Waals surface area contributed by atoms with Gasteiger partial charge in [0.05, 0.1) is 11.1 Å². The van der Waals surface area contributed by atoms with E-state index in [1.165, 1.54) is 0 Å². The first-order chi connectivity index (χ1) is 13.6. The number of aromatic amines is 1. The van der Waals surface area contributed by atoms with Crippen molar-refractivity contribution < 1.29 is 14.4 Å². The smallest absolute Gasteiger partial charge is 0.272 e. The number of ether oxygens (including phenoxy) is 1. The molecule has 2 aromatic carbocycles. The Bertz CT molecular complexity index is 1190. The van der Waals surface area contributed by atoms with Crippen molar-refractivity contribution in [3.05, 3.63) is 87.9 Å². The Morgan fingerprint density at radius 2 is 1.82 bits per heavy atom. The second kappa shape index (κ2) is 6.05. The number of rotatable bonds is 2. The molecule has 28 heavy (non-hydrogen) atoms. The topological polar surface area (TPSA) is 92.5 Å². The number of pyridine rings is 1. The summed E-state index contributed by atoms with van der Waals surface area (Å²) in [5.41, 5.74) is 3.80. The van der Waals surface area contributed by atoms with Crippen molar-refractivity contribution in [2.24, 2.45) is 0 Å². The maximum absolute atomic E-state index is 13.3. The van der Waals surface area contributed by atoms with Gasteiger partial charge in [0.2, 0.25) is 0 Å². The molecule has 140 valence electrons. The fourth-order valence-electron chi connectivity index (χ4n) is 3.67. The second-order valence-corrected chi connectivity index (χ2v) is 6.85. The standard InChI is InChI=1S/C21H17N3O4/c1-12-11-21(24-28-12)23-17(18(25)13-7-3-2-4-8-13)16-19(27-21)14-9-5-6-10-15(14)22-20(16)26/h2-11,17,23-24H,1H3,(H,22,26). The van der Waals surface area contributed by atoms with Crippen LogP contribution in [0.3, 0.4) is 0 Å². The molecule has 0 radical (unpaired) electrons. The first kappa shape index (κ1) is 16.7. The molecule has 2 aliphatic heterocycles.